The second-order valence-electron chi connectivity index (χ2n) is 7.50. The van der Waals surface area contributed by atoms with Crippen molar-refractivity contribution in [3.8, 4) is 0 Å². The van der Waals surface area contributed by atoms with E-state index in [0.29, 0.717) is 5.92 Å². The molecule has 0 fully saturated rings. The van der Waals surface area contributed by atoms with E-state index < -0.39 is 0 Å². The lowest BCUT2D eigenvalue weighted by molar-refractivity contribution is 0.392. The maximum absolute atomic E-state index is 5.26. The molecule has 0 aliphatic rings. The van der Waals surface area contributed by atoms with Gasteiger partial charge < -0.3 is 15.2 Å². The van der Waals surface area contributed by atoms with Crippen LogP contribution in [0.2, 0.25) is 0 Å². The molecule has 2 aromatic carbocycles. The molecule has 0 aliphatic carbocycles. The van der Waals surface area contributed by atoms with Crippen molar-refractivity contribution in [2.24, 2.45) is 4.99 Å². The molecule has 5 nitrogen and oxygen atoms in total. The number of rotatable bonds is 9. The van der Waals surface area contributed by atoms with Gasteiger partial charge in [0.1, 0.15) is 5.76 Å². The fraction of sp³-hybridized carbons (Fsp3) is 0.360. The quantitative estimate of drug-likeness (QED) is 0.231. The van der Waals surface area contributed by atoms with Gasteiger partial charge in [-0.3, -0.25) is 4.99 Å². The van der Waals surface area contributed by atoms with Gasteiger partial charge in [0.05, 0.1) is 5.69 Å². The molecule has 2 N–H and O–H groups in total. The average molecular weight is 532 g/mol. The van der Waals surface area contributed by atoms with Crippen LogP contribution in [0.5, 0.6) is 0 Å². The fourth-order valence-corrected chi connectivity index (χ4v) is 3.62. The third kappa shape index (κ3) is 7.69. The molecule has 3 aromatic rings. The Balaban J connectivity index is 0.00000341. The van der Waals surface area contributed by atoms with Crippen LogP contribution in [0.15, 0.2) is 70.2 Å². The van der Waals surface area contributed by atoms with Crippen LogP contribution in [-0.2, 0) is 12.8 Å². The Labute approximate surface area is 202 Å². The van der Waals surface area contributed by atoms with E-state index in [0.717, 1.165) is 49.9 Å². The molecule has 31 heavy (non-hydrogen) atoms. The molecule has 0 saturated carbocycles. The molecule has 0 spiro atoms. The van der Waals surface area contributed by atoms with E-state index in [2.05, 4.69) is 83.4 Å². The molecule has 0 aliphatic heterocycles. The molecule has 0 saturated heterocycles. The molecule has 166 valence electrons. The Morgan fingerprint density at radius 3 is 2.29 bits per heavy atom. The third-order valence-electron chi connectivity index (χ3n) is 5.26. The maximum atomic E-state index is 5.26. The molecule has 3 rings (SSSR count). The molecular formula is C25H33IN4O. The van der Waals surface area contributed by atoms with Crippen molar-refractivity contribution in [2.45, 2.75) is 39.5 Å². The van der Waals surface area contributed by atoms with Crippen LogP contribution in [0.3, 0.4) is 0 Å². The van der Waals surface area contributed by atoms with Crippen molar-refractivity contribution >= 4 is 29.9 Å². The minimum absolute atomic E-state index is 0. The predicted molar refractivity (Wildman–Crippen MR) is 138 cm³/mol. The van der Waals surface area contributed by atoms with E-state index in [4.69, 9.17) is 9.52 Å². The minimum Gasteiger partial charge on any atom is -0.361 e. The number of hydrogen-bond acceptors (Lipinski definition) is 3. The lowest BCUT2D eigenvalue weighted by Gasteiger charge is -2.17. The first-order valence-corrected chi connectivity index (χ1v) is 10.7. The van der Waals surface area contributed by atoms with Gasteiger partial charge in [0.15, 0.2) is 5.96 Å². The number of hydrogen-bond donors (Lipinski definition) is 2. The molecule has 1 heterocycles. The van der Waals surface area contributed by atoms with Crippen LogP contribution in [0, 0.1) is 13.8 Å². The zero-order valence-electron chi connectivity index (χ0n) is 18.6. The second kappa shape index (κ2) is 13.1. The first kappa shape index (κ1) is 24.9. The summed E-state index contributed by atoms with van der Waals surface area (Å²) in [7, 11) is 0. The lowest BCUT2D eigenvalue weighted by atomic mass is 9.92. The summed E-state index contributed by atoms with van der Waals surface area (Å²) in [6, 6.07) is 21.3. The first-order chi connectivity index (χ1) is 14.7. The van der Waals surface area contributed by atoms with Crippen LogP contribution in [0.25, 0.3) is 0 Å². The highest BCUT2D eigenvalue weighted by molar-refractivity contribution is 14.0. The van der Waals surface area contributed by atoms with Gasteiger partial charge in [-0.15, -0.1) is 24.0 Å². The van der Waals surface area contributed by atoms with E-state index in [-0.39, 0.29) is 24.0 Å². The summed E-state index contributed by atoms with van der Waals surface area (Å²) < 4.78 is 5.26. The Bertz CT molecular complexity index is 906. The van der Waals surface area contributed by atoms with Gasteiger partial charge in [-0.2, -0.15) is 0 Å². The Morgan fingerprint density at radius 1 is 1.00 bits per heavy atom. The van der Waals surface area contributed by atoms with Crippen LogP contribution in [0.4, 0.5) is 0 Å². The summed E-state index contributed by atoms with van der Waals surface area (Å²) in [4.78, 5) is 4.91. The second-order valence-corrected chi connectivity index (χ2v) is 7.50. The molecular weight excluding hydrogens is 499 g/mol. The highest BCUT2D eigenvalue weighted by atomic mass is 127. The molecule has 1 aromatic heterocycles. The fourth-order valence-electron chi connectivity index (χ4n) is 3.62. The summed E-state index contributed by atoms with van der Waals surface area (Å²) >= 11 is 0. The van der Waals surface area contributed by atoms with Crippen LogP contribution >= 0.6 is 24.0 Å². The Kier molecular flexibility index (Phi) is 10.6. The van der Waals surface area contributed by atoms with E-state index in [1.165, 1.54) is 16.7 Å². The number of benzene rings is 2. The summed E-state index contributed by atoms with van der Waals surface area (Å²) in [6.07, 6.45) is 1.82. The van der Waals surface area contributed by atoms with Crippen molar-refractivity contribution in [3.05, 3.63) is 88.8 Å². The molecule has 6 heteroatoms. The van der Waals surface area contributed by atoms with Crippen LogP contribution in [0.1, 0.15) is 41.0 Å². The average Bonchev–Trinajstić information content (AvgIpc) is 3.10. The summed E-state index contributed by atoms with van der Waals surface area (Å²) in [5.74, 6) is 2.06. The van der Waals surface area contributed by atoms with Gasteiger partial charge in [-0.05, 0) is 44.7 Å². The Morgan fingerprint density at radius 2 is 1.68 bits per heavy atom. The molecule has 0 radical (unpaired) electrons. The number of nitrogens with one attached hydrogen (secondary N) is 2. The monoisotopic (exact) mass is 532 g/mol. The zero-order chi connectivity index (χ0) is 21.2. The highest BCUT2D eigenvalue weighted by Crippen LogP contribution is 2.21. The maximum Gasteiger partial charge on any atom is 0.191 e. The van der Waals surface area contributed by atoms with Gasteiger partial charge in [0, 0.05) is 31.1 Å². The van der Waals surface area contributed by atoms with Crippen molar-refractivity contribution < 1.29 is 4.52 Å². The lowest BCUT2D eigenvalue weighted by Crippen LogP contribution is -2.38. The van der Waals surface area contributed by atoms with Crippen molar-refractivity contribution in [1.82, 2.24) is 15.8 Å². The standard InChI is InChI=1S/C25H32N4O.HI/c1-4-26-25(27-16-15-24-19(2)29-30-20(24)3)28-18-23(22-13-9-6-10-14-22)17-21-11-7-5-8-12-21;/h5-14,23H,4,15-18H2,1-3H3,(H2,26,27,28);1H. The summed E-state index contributed by atoms with van der Waals surface area (Å²) in [5, 5.41) is 10.9. The largest absolute Gasteiger partial charge is 0.361 e. The SMILES string of the molecule is CCNC(=NCC(Cc1ccccc1)c1ccccc1)NCCc1c(C)noc1C.I. The number of nitrogens with zero attached hydrogens (tertiary/aromatic N) is 2. The Hall–Kier alpha value is -2.35. The first-order valence-electron chi connectivity index (χ1n) is 10.7. The molecule has 0 amide bonds. The predicted octanol–water partition coefficient (Wildman–Crippen LogP) is 5.03. The van der Waals surface area contributed by atoms with E-state index in [1.54, 1.807) is 0 Å². The molecule has 0 bridgehead atoms. The molecule has 1 unspecified atom stereocenters. The number of halogens is 1. The van der Waals surface area contributed by atoms with Gasteiger partial charge >= 0.3 is 0 Å². The number of aryl methyl sites for hydroxylation is 2. The third-order valence-corrected chi connectivity index (χ3v) is 5.26. The van der Waals surface area contributed by atoms with Gasteiger partial charge in [0.2, 0.25) is 0 Å². The minimum atomic E-state index is 0. The van der Waals surface area contributed by atoms with Crippen LogP contribution in [-0.4, -0.2) is 30.8 Å². The summed E-state index contributed by atoms with van der Waals surface area (Å²) in [6.45, 7) is 8.36. The number of aromatic nitrogens is 1. The summed E-state index contributed by atoms with van der Waals surface area (Å²) in [5.41, 5.74) is 4.78. The van der Waals surface area contributed by atoms with Gasteiger partial charge in [-0.25, -0.2) is 0 Å². The topological polar surface area (TPSA) is 62.5 Å². The molecule has 1 atom stereocenters. The number of guanidine groups is 1. The van der Waals surface area contributed by atoms with E-state index in [9.17, 15) is 0 Å². The van der Waals surface area contributed by atoms with Crippen LogP contribution < -0.4 is 10.6 Å². The highest BCUT2D eigenvalue weighted by Gasteiger charge is 2.13. The normalized spacial score (nSPS) is 12.2. The van der Waals surface area contributed by atoms with E-state index in [1.807, 2.05) is 13.8 Å². The smallest absolute Gasteiger partial charge is 0.191 e. The number of aliphatic imine (C=N–C) groups is 1. The zero-order valence-corrected chi connectivity index (χ0v) is 20.9. The van der Waals surface area contributed by atoms with Gasteiger partial charge in [-0.1, -0.05) is 65.8 Å². The van der Waals surface area contributed by atoms with Crippen molar-refractivity contribution in [2.75, 3.05) is 19.6 Å². The van der Waals surface area contributed by atoms with Gasteiger partial charge in [0.25, 0.3) is 0 Å². The van der Waals surface area contributed by atoms with Crippen molar-refractivity contribution in [3.63, 3.8) is 0 Å². The van der Waals surface area contributed by atoms with E-state index >= 15 is 0 Å². The van der Waals surface area contributed by atoms with Crippen molar-refractivity contribution in [1.29, 1.82) is 0 Å².